The number of likely N-dealkylation sites (N-methyl/N-ethyl adjacent to an activating group) is 1. The molecule has 2 heterocycles. The standard InChI is InChI=1S/C12H22N4S/c1-10(13-2)11-9-17-12(14-11)16-6-4-5-15(3)7-8-16/h9-10,13H,4-8H2,1-3H3. The van der Waals surface area contributed by atoms with Gasteiger partial charge in [-0.3, -0.25) is 0 Å². The van der Waals surface area contributed by atoms with Gasteiger partial charge in [-0.15, -0.1) is 11.3 Å². The molecule has 1 aromatic heterocycles. The summed E-state index contributed by atoms with van der Waals surface area (Å²) in [5.41, 5.74) is 1.16. The van der Waals surface area contributed by atoms with Crippen molar-refractivity contribution in [3.63, 3.8) is 0 Å². The first-order valence-electron chi connectivity index (χ1n) is 6.27. The molecule has 1 fully saturated rings. The number of nitrogens with one attached hydrogen (secondary N) is 1. The maximum absolute atomic E-state index is 4.73. The lowest BCUT2D eigenvalue weighted by Crippen LogP contribution is -2.28. The maximum Gasteiger partial charge on any atom is 0.185 e. The van der Waals surface area contributed by atoms with Crippen LogP contribution in [0, 0.1) is 0 Å². The van der Waals surface area contributed by atoms with E-state index >= 15 is 0 Å². The van der Waals surface area contributed by atoms with Gasteiger partial charge in [0.05, 0.1) is 5.69 Å². The predicted molar refractivity (Wildman–Crippen MR) is 73.9 cm³/mol. The van der Waals surface area contributed by atoms with Crippen molar-refractivity contribution in [1.82, 2.24) is 15.2 Å². The highest BCUT2D eigenvalue weighted by molar-refractivity contribution is 7.13. The number of rotatable bonds is 3. The molecule has 1 unspecified atom stereocenters. The Labute approximate surface area is 108 Å². The van der Waals surface area contributed by atoms with Crippen LogP contribution in [0.2, 0.25) is 0 Å². The Balaban J connectivity index is 2.03. The minimum atomic E-state index is 0.342. The van der Waals surface area contributed by atoms with Gasteiger partial charge >= 0.3 is 0 Å². The molecule has 17 heavy (non-hydrogen) atoms. The van der Waals surface area contributed by atoms with Crippen LogP contribution in [0.25, 0.3) is 0 Å². The summed E-state index contributed by atoms with van der Waals surface area (Å²) in [6.07, 6.45) is 1.23. The van der Waals surface area contributed by atoms with Gasteiger partial charge in [-0.05, 0) is 34.0 Å². The van der Waals surface area contributed by atoms with Gasteiger partial charge in [0.2, 0.25) is 0 Å². The summed E-state index contributed by atoms with van der Waals surface area (Å²) >= 11 is 1.77. The normalized spacial score (nSPS) is 20.3. The zero-order valence-electron chi connectivity index (χ0n) is 10.9. The van der Waals surface area contributed by atoms with E-state index in [4.69, 9.17) is 4.98 Å². The molecule has 4 nitrogen and oxygen atoms in total. The number of hydrogen-bond acceptors (Lipinski definition) is 5. The quantitative estimate of drug-likeness (QED) is 0.887. The van der Waals surface area contributed by atoms with Crippen LogP contribution in [0.3, 0.4) is 0 Å². The number of hydrogen-bond donors (Lipinski definition) is 1. The Morgan fingerprint density at radius 2 is 2.18 bits per heavy atom. The van der Waals surface area contributed by atoms with Crippen molar-refractivity contribution in [3.8, 4) is 0 Å². The summed E-state index contributed by atoms with van der Waals surface area (Å²) in [5.74, 6) is 0. The molecule has 1 aliphatic rings. The number of anilines is 1. The van der Waals surface area contributed by atoms with Crippen molar-refractivity contribution >= 4 is 16.5 Å². The van der Waals surface area contributed by atoms with Gasteiger partial charge < -0.3 is 15.1 Å². The second kappa shape index (κ2) is 5.80. The Bertz CT molecular complexity index is 352. The average molecular weight is 254 g/mol. The minimum Gasteiger partial charge on any atom is -0.347 e. The Kier molecular flexibility index (Phi) is 4.36. The van der Waals surface area contributed by atoms with Crippen molar-refractivity contribution in [2.24, 2.45) is 0 Å². The van der Waals surface area contributed by atoms with Crippen LogP contribution in [0.4, 0.5) is 5.13 Å². The van der Waals surface area contributed by atoms with Crippen molar-refractivity contribution < 1.29 is 0 Å². The molecule has 0 spiro atoms. The number of thiazole rings is 1. The lowest BCUT2D eigenvalue weighted by atomic mass is 10.3. The van der Waals surface area contributed by atoms with Crippen molar-refractivity contribution in [1.29, 1.82) is 0 Å². The summed E-state index contributed by atoms with van der Waals surface area (Å²) in [6.45, 7) is 6.70. The van der Waals surface area contributed by atoms with Crippen LogP contribution in [0.5, 0.6) is 0 Å². The van der Waals surface area contributed by atoms with Gasteiger partial charge in [0.15, 0.2) is 5.13 Å². The van der Waals surface area contributed by atoms with Crippen LogP contribution in [0.1, 0.15) is 25.1 Å². The smallest absolute Gasteiger partial charge is 0.185 e. The van der Waals surface area contributed by atoms with Gasteiger partial charge in [-0.1, -0.05) is 0 Å². The second-order valence-corrected chi connectivity index (χ2v) is 5.55. The zero-order chi connectivity index (χ0) is 12.3. The molecule has 5 heteroatoms. The third-order valence-corrected chi connectivity index (χ3v) is 4.30. The first kappa shape index (κ1) is 12.8. The fourth-order valence-electron chi connectivity index (χ4n) is 2.01. The van der Waals surface area contributed by atoms with Gasteiger partial charge in [0.25, 0.3) is 0 Å². The van der Waals surface area contributed by atoms with E-state index in [1.807, 2.05) is 7.05 Å². The van der Waals surface area contributed by atoms with E-state index in [2.05, 4.69) is 34.5 Å². The highest BCUT2D eigenvalue weighted by Crippen LogP contribution is 2.24. The van der Waals surface area contributed by atoms with E-state index in [0.29, 0.717) is 6.04 Å². The molecule has 0 bridgehead atoms. The molecule has 0 aromatic carbocycles. The fourth-order valence-corrected chi connectivity index (χ4v) is 2.98. The van der Waals surface area contributed by atoms with Crippen LogP contribution in [-0.4, -0.2) is 50.2 Å². The van der Waals surface area contributed by atoms with Gasteiger partial charge in [-0.25, -0.2) is 4.98 Å². The number of aromatic nitrogens is 1. The third kappa shape index (κ3) is 3.18. The minimum absolute atomic E-state index is 0.342. The fraction of sp³-hybridized carbons (Fsp3) is 0.750. The lowest BCUT2D eigenvalue weighted by molar-refractivity contribution is 0.360. The van der Waals surface area contributed by atoms with E-state index in [1.54, 1.807) is 11.3 Å². The average Bonchev–Trinajstić information content (AvgIpc) is 2.72. The van der Waals surface area contributed by atoms with Crippen LogP contribution < -0.4 is 10.2 Å². The molecule has 96 valence electrons. The molecule has 2 rings (SSSR count). The number of nitrogens with zero attached hydrogens (tertiary/aromatic N) is 3. The van der Waals surface area contributed by atoms with Crippen LogP contribution in [-0.2, 0) is 0 Å². The maximum atomic E-state index is 4.73. The van der Waals surface area contributed by atoms with Gasteiger partial charge in [0, 0.05) is 31.1 Å². The molecule has 1 aromatic rings. The SMILES string of the molecule is CNC(C)c1csc(N2CCCN(C)CC2)n1. The summed E-state index contributed by atoms with van der Waals surface area (Å²) in [6, 6.07) is 0.342. The predicted octanol–water partition coefficient (Wildman–Crippen LogP) is 1.57. The van der Waals surface area contributed by atoms with E-state index in [1.165, 1.54) is 18.1 Å². The highest BCUT2D eigenvalue weighted by Gasteiger charge is 2.16. The van der Waals surface area contributed by atoms with E-state index < -0.39 is 0 Å². The van der Waals surface area contributed by atoms with E-state index in [9.17, 15) is 0 Å². The second-order valence-electron chi connectivity index (χ2n) is 4.71. The zero-order valence-corrected chi connectivity index (χ0v) is 11.8. The first-order valence-corrected chi connectivity index (χ1v) is 7.15. The van der Waals surface area contributed by atoms with Crippen molar-refractivity contribution in [2.75, 3.05) is 45.2 Å². The van der Waals surface area contributed by atoms with Crippen molar-refractivity contribution in [3.05, 3.63) is 11.1 Å². The summed E-state index contributed by atoms with van der Waals surface area (Å²) in [4.78, 5) is 9.55. The van der Waals surface area contributed by atoms with E-state index in [0.717, 1.165) is 25.3 Å². The summed E-state index contributed by atoms with van der Waals surface area (Å²) in [7, 11) is 4.17. The summed E-state index contributed by atoms with van der Waals surface area (Å²) < 4.78 is 0. The summed E-state index contributed by atoms with van der Waals surface area (Å²) in [5, 5.41) is 6.58. The van der Waals surface area contributed by atoms with Gasteiger partial charge in [-0.2, -0.15) is 0 Å². The first-order chi connectivity index (χ1) is 8.20. The molecule has 0 amide bonds. The molecule has 1 atom stereocenters. The topological polar surface area (TPSA) is 31.4 Å². The highest BCUT2D eigenvalue weighted by atomic mass is 32.1. The van der Waals surface area contributed by atoms with Crippen LogP contribution >= 0.6 is 11.3 Å². The monoisotopic (exact) mass is 254 g/mol. The largest absolute Gasteiger partial charge is 0.347 e. The molecule has 1 N–H and O–H groups in total. The Morgan fingerprint density at radius 1 is 1.35 bits per heavy atom. The molecular formula is C12H22N4S. The molecule has 1 aliphatic heterocycles. The molecule has 1 saturated heterocycles. The van der Waals surface area contributed by atoms with E-state index in [-0.39, 0.29) is 0 Å². The Hall–Kier alpha value is -0.650. The molecule has 0 saturated carbocycles. The molecular weight excluding hydrogens is 232 g/mol. The van der Waals surface area contributed by atoms with Gasteiger partial charge in [0.1, 0.15) is 0 Å². The van der Waals surface area contributed by atoms with Crippen molar-refractivity contribution in [2.45, 2.75) is 19.4 Å². The molecule has 0 radical (unpaired) electrons. The molecule has 0 aliphatic carbocycles. The van der Waals surface area contributed by atoms with Crippen LogP contribution in [0.15, 0.2) is 5.38 Å². The Morgan fingerprint density at radius 3 is 2.94 bits per heavy atom. The lowest BCUT2D eigenvalue weighted by Gasteiger charge is -2.19. The third-order valence-electron chi connectivity index (χ3n) is 3.38.